The topological polar surface area (TPSA) is 159 Å². The van der Waals surface area contributed by atoms with Gasteiger partial charge < -0.3 is 26.4 Å². The van der Waals surface area contributed by atoms with Gasteiger partial charge in [0.2, 0.25) is 6.41 Å². The number of urea groups is 1. The quantitative estimate of drug-likeness (QED) is 0.0742. The van der Waals surface area contributed by atoms with Crippen LogP contribution in [0.4, 0.5) is 4.79 Å². The third kappa shape index (κ3) is 15.0. The number of carbonyl (C=O) groups excluding carboxylic acids is 2. The molecule has 0 atom stereocenters. The molecule has 0 aliphatic carbocycles. The first-order valence-corrected chi connectivity index (χ1v) is 14.7. The van der Waals surface area contributed by atoms with E-state index in [-0.39, 0.29) is 18.0 Å². The molecule has 0 aliphatic rings. The van der Waals surface area contributed by atoms with Gasteiger partial charge in [-0.3, -0.25) is 20.4 Å². The van der Waals surface area contributed by atoms with Gasteiger partial charge in [0.25, 0.3) is 0 Å². The average molecular weight is 581 g/mol. The molecule has 0 aliphatic heterocycles. The lowest BCUT2D eigenvalue weighted by atomic mass is 10.1. The number of ether oxygens (including phenoxy) is 1. The van der Waals surface area contributed by atoms with Crippen molar-refractivity contribution < 1.29 is 14.3 Å². The summed E-state index contributed by atoms with van der Waals surface area (Å²) in [6, 6.07) is 15.9. The molecule has 2 aromatic rings. The van der Waals surface area contributed by atoms with Gasteiger partial charge in [-0.05, 0) is 63.0 Å². The van der Waals surface area contributed by atoms with E-state index in [0.29, 0.717) is 26.1 Å². The zero-order valence-corrected chi connectivity index (χ0v) is 25.1. The van der Waals surface area contributed by atoms with Gasteiger partial charge in [0, 0.05) is 19.2 Å². The van der Waals surface area contributed by atoms with Crippen molar-refractivity contribution in [1.29, 1.82) is 0 Å². The third-order valence-corrected chi connectivity index (χ3v) is 6.69. The molecular weight excluding hydrogens is 532 g/mol. The maximum absolute atomic E-state index is 11.2. The van der Waals surface area contributed by atoms with E-state index in [1.165, 1.54) is 38.3 Å². The first-order valence-electron chi connectivity index (χ1n) is 14.7. The molecule has 0 bridgehead atoms. The second kappa shape index (κ2) is 20.7. The SMILES string of the molecule is CNC(=O)NC(N)=NCCCCCCCCN(C)CCCc1cccc(COc2ccccc2CN=C(N)NC=O)c1. The average Bonchev–Trinajstić information content (AvgIpc) is 2.98. The molecule has 230 valence electrons. The highest BCUT2D eigenvalue weighted by atomic mass is 16.5. The summed E-state index contributed by atoms with van der Waals surface area (Å²) in [6.07, 6.45) is 9.58. The summed E-state index contributed by atoms with van der Waals surface area (Å²) >= 11 is 0. The predicted octanol–water partition coefficient (Wildman–Crippen LogP) is 3.28. The molecule has 7 N–H and O–H groups in total. The van der Waals surface area contributed by atoms with E-state index in [1.54, 1.807) is 0 Å². The van der Waals surface area contributed by atoms with Crippen LogP contribution in [-0.4, -0.2) is 63.0 Å². The third-order valence-electron chi connectivity index (χ3n) is 6.69. The molecule has 0 aromatic heterocycles. The number of aryl methyl sites for hydroxylation is 1. The van der Waals surface area contributed by atoms with Gasteiger partial charge in [0.05, 0.1) is 6.54 Å². The molecule has 42 heavy (non-hydrogen) atoms. The van der Waals surface area contributed by atoms with Gasteiger partial charge in [-0.25, -0.2) is 9.79 Å². The summed E-state index contributed by atoms with van der Waals surface area (Å²) in [5.74, 6) is 0.990. The van der Waals surface area contributed by atoms with E-state index in [2.05, 4.69) is 62.1 Å². The van der Waals surface area contributed by atoms with E-state index >= 15 is 0 Å². The fourth-order valence-electron chi connectivity index (χ4n) is 4.37. The Hall–Kier alpha value is -4.12. The predicted molar refractivity (Wildman–Crippen MR) is 169 cm³/mol. The van der Waals surface area contributed by atoms with E-state index in [1.807, 2.05) is 24.3 Å². The Morgan fingerprint density at radius 2 is 1.62 bits per heavy atom. The van der Waals surface area contributed by atoms with Gasteiger partial charge in [0.15, 0.2) is 11.9 Å². The van der Waals surface area contributed by atoms with Gasteiger partial charge in [-0.2, -0.15) is 0 Å². The lowest BCUT2D eigenvalue weighted by Gasteiger charge is -2.16. The molecule has 3 amide bonds. The second-order valence-corrected chi connectivity index (χ2v) is 10.2. The molecule has 2 aromatic carbocycles. The highest BCUT2D eigenvalue weighted by Gasteiger charge is 2.05. The van der Waals surface area contributed by atoms with Crippen molar-refractivity contribution in [2.45, 2.75) is 64.5 Å². The normalized spacial score (nSPS) is 11.8. The van der Waals surface area contributed by atoms with E-state index < -0.39 is 0 Å². The number of nitrogens with zero attached hydrogens (tertiary/aromatic N) is 3. The van der Waals surface area contributed by atoms with Crippen LogP contribution in [0.3, 0.4) is 0 Å². The number of guanidine groups is 2. The van der Waals surface area contributed by atoms with Crippen LogP contribution in [0.1, 0.15) is 61.6 Å². The smallest absolute Gasteiger partial charge is 0.321 e. The van der Waals surface area contributed by atoms with Crippen molar-refractivity contribution >= 4 is 24.4 Å². The van der Waals surface area contributed by atoms with Gasteiger partial charge in [-0.1, -0.05) is 68.1 Å². The molecule has 2 rings (SSSR count). The lowest BCUT2D eigenvalue weighted by Crippen LogP contribution is -2.42. The minimum absolute atomic E-state index is 0.0773. The van der Waals surface area contributed by atoms with Crippen molar-refractivity contribution in [1.82, 2.24) is 20.9 Å². The number of rotatable bonds is 19. The monoisotopic (exact) mass is 580 g/mol. The zero-order valence-electron chi connectivity index (χ0n) is 25.1. The zero-order chi connectivity index (χ0) is 30.4. The molecular formula is C31H48N8O3. The van der Waals surface area contributed by atoms with Crippen LogP contribution in [0.25, 0.3) is 0 Å². The van der Waals surface area contributed by atoms with Crippen molar-refractivity contribution in [3.05, 3.63) is 65.2 Å². The number of para-hydroxylation sites is 1. The largest absolute Gasteiger partial charge is 0.489 e. The van der Waals surface area contributed by atoms with Crippen molar-refractivity contribution in [2.24, 2.45) is 21.5 Å². The number of hydrogen-bond acceptors (Lipinski definition) is 6. The Balaban J connectivity index is 1.60. The number of nitrogens with one attached hydrogen (secondary N) is 3. The Labute approximate surface area is 250 Å². The molecule has 0 spiro atoms. The molecule has 0 saturated heterocycles. The summed E-state index contributed by atoms with van der Waals surface area (Å²) < 4.78 is 6.10. The Morgan fingerprint density at radius 3 is 2.40 bits per heavy atom. The number of benzene rings is 2. The molecule has 0 radical (unpaired) electrons. The maximum Gasteiger partial charge on any atom is 0.321 e. The summed E-state index contributed by atoms with van der Waals surface area (Å²) in [4.78, 5) is 32.4. The van der Waals surface area contributed by atoms with Gasteiger partial charge in [0.1, 0.15) is 12.4 Å². The summed E-state index contributed by atoms with van der Waals surface area (Å²) in [5.41, 5.74) is 14.6. The molecule has 11 nitrogen and oxygen atoms in total. The van der Waals surface area contributed by atoms with Crippen LogP contribution in [-0.2, 0) is 24.4 Å². The maximum atomic E-state index is 11.2. The standard InChI is InChI=1S/C31H48N8O3/c1-34-31(41)38-30(33)35-18-9-5-3-4-6-10-19-39(2)20-12-15-25-13-11-14-26(21-25)23-42-28-17-8-7-16-27(28)22-36-29(32)37-24-40/h7-8,11,13-14,16-17,21,24H,3-6,9-10,12,15,18-20,22-23H2,1-2H3,(H3,32,36,37,40)(H4,33,34,35,38,41). The molecule has 0 fully saturated rings. The first-order chi connectivity index (χ1) is 20.4. The van der Waals surface area contributed by atoms with Crippen LogP contribution in [0.15, 0.2) is 58.5 Å². The molecule has 0 saturated carbocycles. The van der Waals surface area contributed by atoms with Crippen LogP contribution in [0.5, 0.6) is 5.75 Å². The number of amides is 3. The molecule has 0 heterocycles. The minimum atomic E-state index is -0.350. The van der Waals surface area contributed by atoms with Crippen molar-refractivity contribution in [3.63, 3.8) is 0 Å². The number of aliphatic imine (C=N–C) groups is 2. The summed E-state index contributed by atoms with van der Waals surface area (Å²) in [7, 11) is 3.74. The first kappa shape index (κ1) is 34.1. The Kier molecular flexibility index (Phi) is 16.8. The van der Waals surface area contributed by atoms with Crippen LogP contribution < -0.4 is 32.2 Å². The number of unbranched alkanes of at least 4 members (excludes halogenated alkanes) is 5. The number of nitrogens with two attached hydrogens (primary N) is 2. The fourth-order valence-corrected chi connectivity index (χ4v) is 4.37. The van der Waals surface area contributed by atoms with Crippen molar-refractivity contribution in [2.75, 3.05) is 33.7 Å². The summed E-state index contributed by atoms with van der Waals surface area (Å²) in [5, 5.41) is 7.24. The number of carbonyl (C=O) groups is 2. The van der Waals surface area contributed by atoms with E-state index in [4.69, 9.17) is 16.2 Å². The van der Waals surface area contributed by atoms with Crippen LogP contribution in [0.2, 0.25) is 0 Å². The lowest BCUT2D eigenvalue weighted by molar-refractivity contribution is -0.108. The minimum Gasteiger partial charge on any atom is -0.489 e. The van der Waals surface area contributed by atoms with E-state index in [0.717, 1.165) is 55.6 Å². The Bertz CT molecular complexity index is 1140. The van der Waals surface area contributed by atoms with Crippen molar-refractivity contribution in [3.8, 4) is 5.75 Å². The van der Waals surface area contributed by atoms with E-state index in [9.17, 15) is 9.59 Å². The van der Waals surface area contributed by atoms with Gasteiger partial charge in [-0.15, -0.1) is 0 Å². The van der Waals surface area contributed by atoms with Crippen LogP contribution in [0, 0.1) is 0 Å². The molecule has 0 unspecified atom stereocenters. The highest BCUT2D eigenvalue weighted by molar-refractivity contribution is 5.95. The Morgan fingerprint density at radius 1 is 0.905 bits per heavy atom. The van der Waals surface area contributed by atoms with Crippen LogP contribution >= 0.6 is 0 Å². The fraction of sp³-hybridized carbons (Fsp3) is 0.484. The van der Waals surface area contributed by atoms with Gasteiger partial charge >= 0.3 is 6.03 Å². The summed E-state index contributed by atoms with van der Waals surface area (Å²) in [6.45, 7) is 3.60. The number of hydrogen-bond donors (Lipinski definition) is 5. The second-order valence-electron chi connectivity index (χ2n) is 10.2. The highest BCUT2D eigenvalue weighted by Crippen LogP contribution is 2.21. The molecule has 11 heteroatoms.